The van der Waals surface area contributed by atoms with Crippen molar-refractivity contribution in [2.45, 2.75) is 58.8 Å². The topological polar surface area (TPSA) is 63.2 Å². The Hall–Kier alpha value is -0.690. The quantitative estimate of drug-likeness (QED) is 0.244. The molecule has 0 aromatic heterocycles. The van der Waals surface area contributed by atoms with Crippen LogP contribution in [0.1, 0.15) is 58.8 Å². The molecule has 0 radical (unpaired) electrons. The van der Waals surface area contributed by atoms with Crippen molar-refractivity contribution in [1.29, 1.82) is 0 Å². The first-order chi connectivity index (χ1) is 12.3. The van der Waals surface area contributed by atoms with E-state index in [1.165, 1.54) is 12.8 Å². The molecule has 0 aliphatic rings. The molecule has 0 saturated carbocycles. The molecule has 0 N–H and O–H groups in total. The Balaban J connectivity index is 3.06. The summed E-state index contributed by atoms with van der Waals surface area (Å²) < 4.78 is 26.7. The van der Waals surface area contributed by atoms with Crippen molar-refractivity contribution in [3.63, 3.8) is 0 Å². The molecule has 0 amide bonds. The van der Waals surface area contributed by atoms with E-state index in [2.05, 4.69) is 13.8 Å². The van der Waals surface area contributed by atoms with Gasteiger partial charge >= 0.3 is 5.97 Å². The van der Waals surface area contributed by atoms with E-state index in [0.717, 1.165) is 25.9 Å². The number of hydrogen-bond donors (Lipinski definition) is 0. The molecule has 0 atom stereocenters. The monoisotopic (exact) mass is 362 g/mol. The Kier molecular flexibility index (Phi) is 20.8. The van der Waals surface area contributed by atoms with E-state index in [4.69, 9.17) is 23.7 Å². The molecule has 150 valence electrons. The molecule has 0 heterocycles. The minimum absolute atomic E-state index is 0.139. The van der Waals surface area contributed by atoms with Crippen LogP contribution in [0.5, 0.6) is 0 Å². The Morgan fingerprint density at radius 3 is 1.56 bits per heavy atom. The molecule has 0 aromatic rings. The number of ether oxygens (including phenoxy) is 5. The third-order valence-corrected chi connectivity index (χ3v) is 3.44. The average molecular weight is 363 g/mol. The summed E-state index contributed by atoms with van der Waals surface area (Å²) in [6.45, 7) is 9.61. The lowest BCUT2D eigenvalue weighted by molar-refractivity contribution is -0.144. The molecule has 0 fully saturated rings. The SMILES string of the molecule is CCCCCOCCOCCOCCOCCCC(=O)OCCCC. The van der Waals surface area contributed by atoms with Gasteiger partial charge in [0, 0.05) is 19.6 Å². The van der Waals surface area contributed by atoms with E-state index in [9.17, 15) is 4.79 Å². The van der Waals surface area contributed by atoms with Crippen LogP contribution in [0.15, 0.2) is 0 Å². The number of carbonyl (C=O) groups is 1. The molecule has 0 aliphatic heterocycles. The predicted molar refractivity (Wildman–Crippen MR) is 97.9 cm³/mol. The van der Waals surface area contributed by atoms with Gasteiger partial charge in [0.2, 0.25) is 0 Å². The van der Waals surface area contributed by atoms with Crippen molar-refractivity contribution >= 4 is 5.97 Å². The molecular formula is C19H38O6. The van der Waals surface area contributed by atoms with Crippen molar-refractivity contribution in [2.75, 3.05) is 59.5 Å². The minimum Gasteiger partial charge on any atom is -0.466 e. The van der Waals surface area contributed by atoms with Crippen LogP contribution < -0.4 is 0 Å². The highest BCUT2D eigenvalue weighted by atomic mass is 16.6. The molecule has 0 unspecified atom stereocenters. The largest absolute Gasteiger partial charge is 0.466 e. The standard InChI is InChI=1S/C19H38O6/c1-3-5-7-10-21-13-15-23-17-18-24-16-14-22-11-8-9-19(20)25-12-6-4-2/h3-18H2,1-2H3. The van der Waals surface area contributed by atoms with Crippen LogP contribution in [0.4, 0.5) is 0 Å². The normalized spacial score (nSPS) is 11.0. The van der Waals surface area contributed by atoms with Gasteiger partial charge in [0.15, 0.2) is 0 Å². The summed E-state index contributed by atoms with van der Waals surface area (Å²) >= 11 is 0. The molecule has 25 heavy (non-hydrogen) atoms. The predicted octanol–water partition coefficient (Wildman–Crippen LogP) is 3.37. The van der Waals surface area contributed by atoms with Crippen LogP contribution in [-0.4, -0.2) is 65.4 Å². The lowest BCUT2D eigenvalue weighted by Gasteiger charge is -2.07. The Morgan fingerprint density at radius 1 is 0.560 bits per heavy atom. The van der Waals surface area contributed by atoms with Gasteiger partial charge in [-0.1, -0.05) is 33.1 Å². The molecule has 0 saturated heterocycles. The molecule has 0 rings (SSSR count). The second kappa shape index (κ2) is 21.4. The summed E-state index contributed by atoms with van der Waals surface area (Å²) in [7, 11) is 0. The summed E-state index contributed by atoms with van der Waals surface area (Å²) in [5.74, 6) is -0.139. The van der Waals surface area contributed by atoms with E-state index in [1.807, 2.05) is 0 Å². The average Bonchev–Trinajstić information content (AvgIpc) is 2.61. The zero-order valence-electron chi connectivity index (χ0n) is 16.3. The lowest BCUT2D eigenvalue weighted by Crippen LogP contribution is -2.12. The molecule has 6 nitrogen and oxygen atoms in total. The maximum Gasteiger partial charge on any atom is 0.305 e. The number of hydrogen-bond acceptors (Lipinski definition) is 6. The van der Waals surface area contributed by atoms with Crippen molar-refractivity contribution in [2.24, 2.45) is 0 Å². The van der Waals surface area contributed by atoms with Gasteiger partial charge in [-0.15, -0.1) is 0 Å². The van der Waals surface area contributed by atoms with Crippen LogP contribution in [0.25, 0.3) is 0 Å². The summed E-state index contributed by atoms with van der Waals surface area (Å²) in [6, 6.07) is 0. The van der Waals surface area contributed by atoms with Gasteiger partial charge in [-0.2, -0.15) is 0 Å². The molecule has 0 aliphatic carbocycles. The second-order valence-electron chi connectivity index (χ2n) is 5.83. The highest BCUT2D eigenvalue weighted by Crippen LogP contribution is 1.96. The Labute approximate surface area is 153 Å². The highest BCUT2D eigenvalue weighted by Gasteiger charge is 2.01. The minimum atomic E-state index is -0.139. The van der Waals surface area contributed by atoms with E-state index < -0.39 is 0 Å². The van der Waals surface area contributed by atoms with Crippen LogP contribution >= 0.6 is 0 Å². The maximum atomic E-state index is 11.3. The fraction of sp³-hybridized carbons (Fsp3) is 0.947. The van der Waals surface area contributed by atoms with E-state index in [-0.39, 0.29) is 5.97 Å². The summed E-state index contributed by atoms with van der Waals surface area (Å²) in [5, 5.41) is 0. The molecule has 0 bridgehead atoms. The fourth-order valence-corrected chi connectivity index (χ4v) is 1.94. The van der Waals surface area contributed by atoms with E-state index in [0.29, 0.717) is 65.7 Å². The number of rotatable bonds is 20. The summed E-state index contributed by atoms with van der Waals surface area (Å²) in [5.41, 5.74) is 0. The van der Waals surface area contributed by atoms with Crippen LogP contribution in [-0.2, 0) is 28.5 Å². The Morgan fingerprint density at radius 2 is 1.04 bits per heavy atom. The third-order valence-electron chi connectivity index (χ3n) is 3.44. The van der Waals surface area contributed by atoms with Crippen LogP contribution in [0.3, 0.4) is 0 Å². The summed E-state index contributed by atoms with van der Waals surface area (Å²) in [6.07, 6.45) is 6.63. The smallest absolute Gasteiger partial charge is 0.305 e. The van der Waals surface area contributed by atoms with Gasteiger partial charge in [0.25, 0.3) is 0 Å². The lowest BCUT2D eigenvalue weighted by atomic mass is 10.3. The van der Waals surface area contributed by atoms with Gasteiger partial charge in [0.05, 0.1) is 46.2 Å². The number of esters is 1. The molecule has 6 heteroatoms. The zero-order chi connectivity index (χ0) is 18.4. The molecular weight excluding hydrogens is 324 g/mol. The first-order valence-corrected chi connectivity index (χ1v) is 9.77. The number of carbonyl (C=O) groups excluding carboxylic acids is 1. The van der Waals surface area contributed by atoms with Gasteiger partial charge in [-0.05, 0) is 19.3 Å². The van der Waals surface area contributed by atoms with Crippen molar-refractivity contribution in [3.05, 3.63) is 0 Å². The Bertz CT molecular complexity index is 273. The maximum absolute atomic E-state index is 11.3. The molecule has 0 aromatic carbocycles. The second-order valence-corrected chi connectivity index (χ2v) is 5.83. The van der Waals surface area contributed by atoms with Crippen LogP contribution in [0.2, 0.25) is 0 Å². The zero-order valence-corrected chi connectivity index (χ0v) is 16.3. The third kappa shape index (κ3) is 21.3. The molecule has 0 spiro atoms. The summed E-state index contributed by atoms with van der Waals surface area (Å²) in [4.78, 5) is 11.3. The highest BCUT2D eigenvalue weighted by molar-refractivity contribution is 5.69. The number of unbranched alkanes of at least 4 members (excludes halogenated alkanes) is 3. The van der Waals surface area contributed by atoms with Gasteiger partial charge in [-0.25, -0.2) is 0 Å². The van der Waals surface area contributed by atoms with Crippen LogP contribution in [0, 0.1) is 0 Å². The van der Waals surface area contributed by atoms with E-state index >= 15 is 0 Å². The van der Waals surface area contributed by atoms with Gasteiger partial charge < -0.3 is 23.7 Å². The van der Waals surface area contributed by atoms with Crippen molar-refractivity contribution < 1.29 is 28.5 Å². The van der Waals surface area contributed by atoms with Crippen molar-refractivity contribution in [3.8, 4) is 0 Å². The van der Waals surface area contributed by atoms with Crippen molar-refractivity contribution in [1.82, 2.24) is 0 Å². The van der Waals surface area contributed by atoms with E-state index in [1.54, 1.807) is 0 Å². The fourth-order valence-electron chi connectivity index (χ4n) is 1.94. The van der Waals surface area contributed by atoms with Gasteiger partial charge in [-0.3, -0.25) is 4.79 Å². The first kappa shape index (κ1) is 24.3. The first-order valence-electron chi connectivity index (χ1n) is 9.77. The van der Waals surface area contributed by atoms with Gasteiger partial charge in [0.1, 0.15) is 0 Å².